The van der Waals surface area contributed by atoms with Crippen molar-refractivity contribution in [3.8, 4) is 28.5 Å². The van der Waals surface area contributed by atoms with Gasteiger partial charge in [-0.05, 0) is 60.2 Å². The number of aromatic amines is 1. The van der Waals surface area contributed by atoms with Gasteiger partial charge in [0, 0.05) is 26.0 Å². The molecule has 5 aromatic rings. The van der Waals surface area contributed by atoms with Gasteiger partial charge in [-0.15, -0.1) is 30.4 Å². The van der Waals surface area contributed by atoms with Crippen LogP contribution >= 0.6 is 0 Å². The Labute approximate surface area is 358 Å². The van der Waals surface area contributed by atoms with Crippen LogP contribution in [-0.2, 0) is 44.6 Å². The Balaban J connectivity index is 0.941. The zero-order valence-electron chi connectivity index (χ0n) is 34.4. The Kier molecular flexibility index (Phi) is 13.9. The second-order valence-electron chi connectivity index (χ2n) is 14.8. The molecule has 23 nitrogen and oxygen atoms in total. The number of nitrogens with one attached hydrogen (secondary N) is 1. The number of carbonyl (C=O) groups is 2. The maximum absolute atomic E-state index is 13.9. The van der Waals surface area contributed by atoms with Gasteiger partial charge in [-0.25, -0.2) is 9.59 Å². The lowest BCUT2D eigenvalue weighted by Gasteiger charge is -2.26. The fourth-order valence-corrected chi connectivity index (χ4v) is 7.35. The molecule has 0 bridgehead atoms. The Morgan fingerprint density at radius 3 is 2.40 bits per heavy atom. The minimum absolute atomic E-state index is 0.00863. The third-order valence-corrected chi connectivity index (χ3v) is 10.1. The Bertz CT molecular complexity index is 2380. The number of carbonyl (C=O) groups excluding carboxylic acids is 2. The van der Waals surface area contributed by atoms with Crippen LogP contribution < -0.4 is 4.74 Å². The predicted octanol–water partition coefficient (Wildman–Crippen LogP) is 4.88. The number of hydrogen-bond donors (Lipinski definition) is 1. The molecule has 334 valence electrons. The second-order valence-corrected chi connectivity index (χ2v) is 14.8. The number of esters is 1. The van der Waals surface area contributed by atoms with Gasteiger partial charge in [-0.3, -0.25) is 4.57 Å². The van der Waals surface area contributed by atoms with Crippen LogP contribution in [0.4, 0.5) is 4.79 Å². The number of unbranched alkanes of at least 4 members (excludes halogenated alkanes) is 1. The van der Waals surface area contributed by atoms with Gasteiger partial charge in [-0.2, -0.15) is 10.2 Å². The van der Waals surface area contributed by atoms with Gasteiger partial charge < -0.3 is 42.8 Å². The van der Waals surface area contributed by atoms with Gasteiger partial charge in [0.2, 0.25) is 5.82 Å². The van der Waals surface area contributed by atoms with Crippen molar-refractivity contribution in [3.05, 3.63) is 98.1 Å². The first-order valence-electron chi connectivity index (χ1n) is 20.0. The van der Waals surface area contributed by atoms with Crippen LogP contribution in [0.3, 0.4) is 0 Å². The van der Waals surface area contributed by atoms with Gasteiger partial charge >= 0.3 is 12.1 Å². The molecule has 0 saturated carbocycles. The summed E-state index contributed by atoms with van der Waals surface area (Å²) in [6, 6.07) is 21.0. The molecule has 2 saturated heterocycles. The van der Waals surface area contributed by atoms with Gasteiger partial charge in [-0.1, -0.05) is 54.6 Å². The maximum Gasteiger partial charge on any atom is 0.512 e. The van der Waals surface area contributed by atoms with E-state index in [-0.39, 0.29) is 31.8 Å². The Hall–Kier alpha value is -6.98. The molecule has 4 heterocycles. The summed E-state index contributed by atoms with van der Waals surface area (Å²) in [5.41, 5.74) is 4.67. The Morgan fingerprint density at radius 1 is 0.937 bits per heavy atom. The number of tetrazole rings is 1. The van der Waals surface area contributed by atoms with Gasteiger partial charge in [0.25, 0.3) is 22.0 Å². The molecule has 1 unspecified atom stereocenters. The van der Waals surface area contributed by atoms with Gasteiger partial charge in [0.05, 0.1) is 43.0 Å². The minimum Gasteiger partial charge on any atom is -0.465 e. The molecule has 2 aliphatic rings. The molecule has 3 aromatic carbocycles. The summed E-state index contributed by atoms with van der Waals surface area (Å²) in [7, 11) is 0. The van der Waals surface area contributed by atoms with Crippen molar-refractivity contribution in [2.75, 3.05) is 33.0 Å². The third-order valence-electron chi connectivity index (χ3n) is 10.1. The zero-order valence-corrected chi connectivity index (χ0v) is 34.4. The number of para-hydroxylation sites is 1. The highest BCUT2D eigenvalue weighted by molar-refractivity contribution is 6.02. The fourth-order valence-electron chi connectivity index (χ4n) is 7.35. The average Bonchev–Trinajstić information content (AvgIpc) is 4.07. The van der Waals surface area contributed by atoms with Gasteiger partial charge in [0.15, 0.2) is 6.10 Å². The van der Waals surface area contributed by atoms with Crippen molar-refractivity contribution in [2.45, 2.75) is 82.9 Å². The van der Waals surface area contributed by atoms with Crippen molar-refractivity contribution >= 4 is 23.2 Å². The van der Waals surface area contributed by atoms with Crippen molar-refractivity contribution in [1.29, 1.82) is 0 Å². The lowest BCUT2D eigenvalue weighted by molar-refractivity contribution is -0.790. The number of ether oxygens (including phenoxy) is 7. The lowest BCUT2D eigenvalue weighted by Crippen LogP contribution is -2.38. The van der Waals surface area contributed by atoms with E-state index in [2.05, 4.69) is 35.3 Å². The molecule has 7 rings (SSSR count). The molecule has 0 aliphatic carbocycles. The summed E-state index contributed by atoms with van der Waals surface area (Å²) in [4.78, 5) is 61.4. The van der Waals surface area contributed by atoms with E-state index in [4.69, 9.17) is 33.2 Å². The normalized spacial score (nSPS) is 18.7. The van der Waals surface area contributed by atoms with Crippen LogP contribution in [0, 0.1) is 20.2 Å². The smallest absolute Gasteiger partial charge is 0.465 e. The van der Waals surface area contributed by atoms with E-state index in [1.54, 1.807) is 22.8 Å². The first-order valence-corrected chi connectivity index (χ1v) is 20.0. The molecule has 63 heavy (non-hydrogen) atoms. The van der Waals surface area contributed by atoms with E-state index in [1.807, 2.05) is 55.5 Å². The summed E-state index contributed by atoms with van der Waals surface area (Å²) in [6.07, 6.45) is -3.82. The molecule has 2 fully saturated rings. The number of imidazole rings is 1. The molecule has 2 aliphatic heterocycles. The summed E-state index contributed by atoms with van der Waals surface area (Å²) in [5, 5.41) is 33.5. The van der Waals surface area contributed by atoms with E-state index in [9.17, 15) is 29.8 Å². The monoisotopic (exact) mass is 876 g/mol. The maximum atomic E-state index is 13.9. The number of hydrogen-bond acceptors (Lipinski definition) is 19. The van der Waals surface area contributed by atoms with Crippen LogP contribution in [0.15, 0.2) is 66.7 Å². The second kappa shape index (κ2) is 19.8. The van der Waals surface area contributed by atoms with Crippen molar-refractivity contribution in [1.82, 2.24) is 30.2 Å². The molecule has 0 spiro atoms. The van der Waals surface area contributed by atoms with Crippen LogP contribution in [-0.4, -0.2) is 122 Å². The third kappa shape index (κ3) is 10.9. The summed E-state index contributed by atoms with van der Waals surface area (Å²) < 4.78 is 42.1. The fraction of sp³-hybridized carbons (Fsp3) is 0.450. The molecule has 0 radical (unpaired) electrons. The summed E-state index contributed by atoms with van der Waals surface area (Å²) in [6.45, 7) is 5.04. The highest BCUT2D eigenvalue weighted by Crippen LogP contribution is 2.33. The number of rotatable bonds is 21. The molecule has 23 heteroatoms. The molecular weight excluding hydrogens is 832 g/mol. The topological polar surface area (TPSA) is 276 Å². The summed E-state index contributed by atoms with van der Waals surface area (Å²) in [5.74, 6) is -2.09. The van der Waals surface area contributed by atoms with Crippen LogP contribution in [0.5, 0.6) is 6.01 Å². The minimum atomic E-state index is -1.78. The van der Waals surface area contributed by atoms with Crippen molar-refractivity contribution in [2.24, 2.45) is 0 Å². The standard InChI is InChI=1S/C40H44N8O15/c1-4-55-38-41-30-14-9-13-29(33(30)46(38)20-24-15-17-25(18-16-24)27-11-5-6-12-28(27)36-42-44-45-43-36)37(49)61-40(2,3)62-39(50)60-32-23-58-34-31(22-57-35(32)34)56-19-8-7-10-26(63-48(53)54)21-59-47(51)52/h5-6,9,11-18,26,31-32,34-35H,4,7-8,10,19-23H2,1-3H3,(H,42,43,44,45)/t26?,31-,32-,34-,35-/m1/s1. The van der Waals surface area contributed by atoms with E-state index < -0.39 is 65.2 Å². The molecular formula is C40H44N8O15. The SMILES string of the molecule is CCOc1nc2cccc(C(=O)OC(C)(C)OC(=O)O[C@@H]3CO[C@H]4[C@@H]3OC[C@H]4OCCCCC(CO[N+](=O)[O-])O[N+](=O)[O-])c2n1Cc1ccc(-c2ccccc2-c2nn[nH]n2)cc1. The molecule has 0 amide bonds. The Morgan fingerprint density at radius 2 is 1.68 bits per heavy atom. The zero-order chi connectivity index (χ0) is 44.5. The van der Waals surface area contributed by atoms with E-state index in [0.717, 1.165) is 22.3 Å². The van der Waals surface area contributed by atoms with Crippen LogP contribution in [0.2, 0.25) is 0 Å². The number of fused-ring (bicyclic) bond motifs is 2. The number of nitrogens with zero attached hydrogens (tertiary/aromatic N) is 7. The molecule has 5 atom stereocenters. The van der Waals surface area contributed by atoms with E-state index in [0.29, 0.717) is 48.9 Å². The first-order chi connectivity index (χ1) is 30.4. The predicted molar refractivity (Wildman–Crippen MR) is 214 cm³/mol. The van der Waals surface area contributed by atoms with Crippen molar-refractivity contribution in [3.63, 3.8) is 0 Å². The van der Waals surface area contributed by atoms with Crippen LogP contribution in [0.1, 0.15) is 56.0 Å². The first kappa shape index (κ1) is 44.1. The number of aromatic nitrogens is 6. The molecule has 2 aromatic heterocycles. The number of benzene rings is 3. The van der Waals surface area contributed by atoms with E-state index in [1.165, 1.54) is 13.8 Å². The van der Waals surface area contributed by atoms with Crippen molar-refractivity contribution < 1.29 is 62.6 Å². The van der Waals surface area contributed by atoms with Gasteiger partial charge in [0.1, 0.15) is 31.0 Å². The molecule has 1 N–H and O–H groups in total. The quantitative estimate of drug-likeness (QED) is 0.0338. The highest BCUT2D eigenvalue weighted by Gasteiger charge is 2.50. The van der Waals surface area contributed by atoms with Crippen LogP contribution in [0.25, 0.3) is 33.5 Å². The lowest BCUT2D eigenvalue weighted by atomic mass is 9.98. The summed E-state index contributed by atoms with van der Waals surface area (Å²) >= 11 is 0. The average molecular weight is 877 g/mol. The number of H-pyrrole nitrogens is 1. The van der Waals surface area contributed by atoms with E-state index >= 15 is 0 Å². The largest absolute Gasteiger partial charge is 0.512 e. The highest BCUT2D eigenvalue weighted by atomic mass is 17.0.